The van der Waals surface area contributed by atoms with E-state index in [4.69, 9.17) is 14.6 Å². The molecule has 0 atom stereocenters. The summed E-state index contributed by atoms with van der Waals surface area (Å²) in [5.74, 6) is 1.10. The zero-order valence-electron chi connectivity index (χ0n) is 20.5. The molecule has 0 fully saturated rings. The number of carbonyl (C=O) groups is 1. The quantitative estimate of drug-likeness (QED) is 0.169. The van der Waals surface area contributed by atoms with Crippen LogP contribution in [-0.4, -0.2) is 18.7 Å². The van der Waals surface area contributed by atoms with Gasteiger partial charge in [-0.3, -0.25) is 4.79 Å². The fraction of sp³-hybridized carbons (Fsp3) is 0.0968. The van der Waals surface area contributed by atoms with Gasteiger partial charge in [-0.2, -0.15) is 10.1 Å². The molecule has 1 aliphatic heterocycles. The lowest BCUT2D eigenvalue weighted by molar-refractivity contribution is -0.114. The van der Waals surface area contributed by atoms with Crippen molar-refractivity contribution in [3.8, 4) is 11.5 Å². The molecule has 6 heteroatoms. The van der Waals surface area contributed by atoms with E-state index in [0.717, 1.165) is 25.9 Å². The third-order valence-corrected chi connectivity index (χ3v) is 6.79. The molecular weight excluding hydrogens is 575 g/mol. The number of aryl methyl sites for hydroxylation is 1. The van der Waals surface area contributed by atoms with Gasteiger partial charge in [0, 0.05) is 5.56 Å². The minimum atomic E-state index is -0.182. The van der Waals surface area contributed by atoms with Crippen molar-refractivity contribution in [2.45, 2.75) is 13.5 Å². The third kappa shape index (κ3) is 5.44. The van der Waals surface area contributed by atoms with Crippen LogP contribution >= 0.6 is 22.6 Å². The van der Waals surface area contributed by atoms with Crippen LogP contribution in [0, 0.1) is 10.5 Å². The van der Waals surface area contributed by atoms with Crippen LogP contribution in [-0.2, 0) is 11.4 Å². The van der Waals surface area contributed by atoms with Crippen molar-refractivity contribution in [1.82, 2.24) is 0 Å². The number of methoxy groups -OCH3 is 1. The predicted octanol–water partition coefficient (Wildman–Crippen LogP) is 7.02. The summed E-state index contributed by atoms with van der Waals surface area (Å²) in [6, 6.07) is 31.3. The van der Waals surface area contributed by atoms with Gasteiger partial charge in [-0.1, -0.05) is 78.4 Å². The van der Waals surface area contributed by atoms with E-state index in [0.29, 0.717) is 29.4 Å². The van der Waals surface area contributed by atoms with Gasteiger partial charge in [-0.25, -0.2) is 0 Å². The van der Waals surface area contributed by atoms with E-state index in [1.165, 1.54) is 10.6 Å². The monoisotopic (exact) mass is 600 g/mol. The van der Waals surface area contributed by atoms with Gasteiger partial charge in [0.1, 0.15) is 12.3 Å². The van der Waals surface area contributed by atoms with Crippen LogP contribution in [0.3, 0.4) is 0 Å². The number of rotatable bonds is 7. The van der Waals surface area contributed by atoms with Crippen LogP contribution in [0.1, 0.15) is 22.3 Å². The average molecular weight is 600 g/mol. The molecule has 1 amide bonds. The van der Waals surface area contributed by atoms with Crippen molar-refractivity contribution >= 4 is 46.0 Å². The maximum atomic E-state index is 13.6. The van der Waals surface area contributed by atoms with Gasteiger partial charge in [0.2, 0.25) is 0 Å². The van der Waals surface area contributed by atoms with Crippen LogP contribution in [0.5, 0.6) is 11.5 Å². The zero-order valence-corrected chi connectivity index (χ0v) is 22.7. The number of benzene rings is 4. The minimum absolute atomic E-state index is 0.182. The standard InChI is InChI=1S/C31H25IN2O3/c1-21-13-15-22(16-14-21)20-37-30-27(32)18-23(19-28(30)36-2)17-26-29(24-9-5-3-6-10-24)33-34(31(26)35)25-11-7-4-8-12-25/h3-19H,20H2,1-2H3/b26-17-. The molecule has 0 spiro atoms. The lowest BCUT2D eigenvalue weighted by Crippen LogP contribution is -2.21. The molecule has 0 N–H and O–H groups in total. The molecule has 5 rings (SSSR count). The first kappa shape index (κ1) is 24.8. The second-order valence-electron chi connectivity index (χ2n) is 8.63. The summed E-state index contributed by atoms with van der Waals surface area (Å²) in [5.41, 5.74) is 5.85. The molecule has 1 aliphatic rings. The maximum Gasteiger partial charge on any atom is 0.281 e. The first-order valence-electron chi connectivity index (χ1n) is 11.8. The summed E-state index contributed by atoms with van der Waals surface area (Å²) in [6.45, 7) is 2.49. The Morgan fingerprint density at radius 3 is 2.27 bits per heavy atom. The average Bonchev–Trinajstić information content (AvgIpc) is 3.25. The Balaban J connectivity index is 1.50. The molecule has 0 bridgehead atoms. The van der Waals surface area contributed by atoms with Crippen LogP contribution in [0.4, 0.5) is 5.69 Å². The molecule has 0 saturated heterocycles. The first-order valence-corrected chi connectivity index (χ1v) is 12.9. The summed E-state index contributed by atoms with van der Waals surface area (Å²) in [4.78, 5) is 13.6. The van der Waals surface area contributed by atoms with Gasteiger partial charge in [-0.15, -0.1) is 0 Å². The van der Waals surface area contributed by atoms with Crippen LogP contribution in [0.15, 0.2) is 108 Å². The zero-order chi connectivity index (χ0) is 25.8. The van der Waals surface area contributed by atoms with Crippen molar-refractivity contribution in [3.05, 3.63) is 128 Å². The van der Waals surface area contributed by atoms with Gasteiger partial charge < -0.3 is 9.47 Å². The van der Waals surface area contributed by atoms with Crippen molar-refractivity contribution in [2.75, 3.05) is 12.1 Å². The van der Waals surface area contributed by atoms with E-state index in [1.54, 1.807) is 7.11 Å². The SMILES string of the molecule is COc1cc(/C=C2\C(=O)N(c3ccccc3)N=C2c2ccccc2)cc(I)c1OCc1ccc(C)cc1. The highest BCUT2D eigenvalue weighted by Gasteiger charge is 2.32. The Hall–Kier alpha value is -3.91. The Bertz CT molecular complexity index is 1480. The molecule has 0 aromatic heterocycles. The van der Waals surface area contributed by atoms with E-state index >= 15 is 0 Å². The van der Waals surface area contributed by atoms with E-state index < -0.39 is 0 Å². The Morgan fingerprint density at radius 2 is 1.59 bits per heavy atom. The largest absolute Gasteiger partial charge is 0.493 e. The van der Waals surface area contributed by atoms with Crippen molar-refractivity contribution in [1.29, 1.82) is 0 Å². The van der Waals surface area contributed by atoms with Gasteiger partial charge in [0.05, 0.1) is 21.9 Å². The predicted molar refractivity (Wildman–Crippen MR) is 156 cm³/mol. The number of para-hydroxylation sites is 1. The van der Waals surface area contributed by atoms with Gasteiger partial charge in [0.15, 0.2) is 11.5 Å². The number of nitrogens with zero attached hydrogens (tertiary/aromatic N) is 2. The Labute approximate surface area is 230 Å². The molecule has 0 unspecified atom stereocenters. The summed E-state index contributed by atoms with van der Waals surface area (Å²) < 4.78 is 12.7. The van der Waals surface area contributed by atoms with Crippen LogP contribution in [0.25, 0.3) is 6.08 Å². The topological polar surface area (TPSA) is 51.1 Å². The Kier molecular flexibility index (Phi) is 7.37. The molecular formula is C31H25IN2O3. The number of ether oxygens (including phenoxy) is 2. The minimum Gasteiger partial charge on any atom is -0.493 e. The highest BCUT2D eigenvalue weighted by Crippen LogP contribution is 2.36. The number of anilines is 1. The lowest BCUT2D eigenvalue weighted by Gasteiger charge is -2.14. The normalized spacial score (nSPS) is 14.1. The number of amides is 1. The highest BCUT2D eigenvalue weighted by molar-refractivity contribution is 14.1. The lowest BCUT2D eigenvalue weighted by atomic mass is 10.00. The number of hydrogen-bond acceptors (Lipinski definition) is 4. The van der Waals surface area contributed by atoms with Gasteiger partial charge >= 0.3 is 0 Å². The van der Waals surface area contributed by atoms with E-state index in [1.807, 2.05) is 78.9 Å². The molecule has 37 heavy (non-hydrogen) atoms. The number of carbonyl (C=O) groups excluding carboxylic acids is 1. The van der Waals surface area contributed by atoms with Crippen molar-refractivity contribution in [3.63, 3.8) is 0 Å². The van der Waals surface area contributed by atoms with Gasteiger partial charge in [0.25, 0.3) is 5.91 Å². The molecule has 1 heterocycles. The van der Waals surface area contributed by atoms with Gasteiger partial charge in [-0.05, 0) is 71.0 Å². The molecule has 4 aromatic carbocycles. The highest BCUT2D eigenvalue weighted by atomic mass is 127. The summed E-state index contributed by atoms with van der Waals surface area (Å²) in [6.07, 6.45) is 1.87. The third-order valence-electron chi connectivity index (χ3n) is 5.99. The molecule has 5 nitrogen and oxygen atoms in total. The molecule has 0 aliphatic carbocycles. The first-order chi connectivity index (χ1) is 18.0. The number of halogens is 1. The smallest absolute Gasteiger partial charge is 0.281 e. The summed E-state index contributed by atoms with van der Waals surface area (Å²) in [5, 5.41) is 6.17. The molecule has 0 radical (unpaired) electrons. The molecule has 184 valence electrons. The second-order valence-corrected chi connectivity index (χ2v) is 9.80. The second kappa shape index (κ2) is 11.0. The van der Waals surface area contributed by atoms with E-state index in [9.17, 15) is 4.79 Å². The van der Waals surface area contributed by atoms with Crippen molar-refractivity contribution in [2.24, 2.45) is 5.10 Å². The van der Waals surface area contributed by atoms with Crippen LogP contribution < -0.4 is 14.5 Å². The molecule has 0 saturated carbocycles. The van der Waals surface area contributed by atoms with E-state index in [-0.39, 0.29) is 5.91 Å². The number of hydrogen-bond donors (Lipinski definition) is 0. The van der Waals surface area contributed by atoms with Crippen molar-refractivity contribution < 1.29 is 14.3 Å². The fourth-order valence-electron chi connectivity index (χ4n) is 4.07. The fourth-order valence-corrected chi connectivity index (χ4v) is 4.85. The summed E-state index contributed by atoms with van der Waals surface area (Å²) >= 11 is 2.25. The Morgan fingerprint density at radius 1 is 0.919 bits per heavy atom. The maximum absolute atomic E-state index is 13.6. The number of hydrazone groups is 1. The molecule has 4 aromatic rings. The van der Waals surface area contributed by atoms with Crippen LogP contribution in [0.2, 0.25) is 0 Å². The van der Waals surface area contributed by atoms with E-state index in [2.05, 4.69) is 53.8 Å². The summed E-state index contributed by atoms with van der Waals surface area (Å²) in [7, 11) is 1.62.